The first kappa shape index (κ1) is 31.7. The van der Waals surface area contributed by atoms with Crippen molar-refractivity contribution in [1.82, 2.24) is 15.5 Å². The van der Waals surface area contributed by atoms with E-state index in [0.717, 1.165) is 25.7 Å². The van der Waals surface area contributed by atoms with Crippen LogP contribution in [0.5, 0.6) is 0 Å². The molecule has 3 aliphatic rings. The minimum atomic E-state index is -0.911. The third-order valence-electron chi connectivity index (χ3n) is 8.31. The van der Waals surface area contributed by atoms with Gasteiger partial charge in [-0.25, -0.2) is 0 Å². The van der Waals surface area contributed by atoms with Crippen molar-refractivity contribution in [1.29, 1.82) is 0 Å². The number of hydrogen-bond acceptors (Lipinski definition) is 7. The van der Waals surface area contributed by atoms with Crippen molar-refractivity contribution in [3.8, 4) is 0 Å². The first-order valence-electron chi connectivity index (χ1n) is 14.8. The Kier molecular flexibility index (Phi) is 10.5. The minimum absolute atomic E-state index is 0.00584. The lowest BCUT2D eigenvalue weighted by Crippen LogP contribution is -2.55. The van der Waals surface area contributed by atoms with Crippen LogP contribution >= 0.6 is 11.6 Å². The molecule has 0 unspecified atom stereocenters. The van der Waals surface area contributed by atoms with E-state index >= 15 is 0 Å². The van der Waals surface area contributed by atoms with Gasteiger partial charge >= 0.3 is 5.97 Å². The zero-order chi connectivity index (χ0) is 30.6. The number of ether oxygens (including phenoxy) is 2. The molecule has 42 heavy (non-hydrogen) atoms. The molecule has 0 spiro atoms. The van der Waals surface area contributed by atoms with Gasteiger partial charge in [0.05, 0.1) is 23.2 Å². The van der Waals surface area contributed by atoms with Gasteiger partial charge < -0.3 is 30.3 Å². The van der Waals surface area contributed by atoms with Crippen LogP contribution in [0, 0.1) is 11.8 Å². The van der Waals surface area contributed by atoms with Gasteiger partial charge in [0.15, 0.2) is 0 Å². The van der Waals surface area contributed by atoms with Crippen LogP contribution in [-0.2, 0) is 28.7 Å². The molecule has 3 fully saturated rings. The number of carbonyl (C=O) groups is 5. The largest absolute Gasteiger partial charge is 0.433 e. The predicted molar refractivity (Wildman–Crippen MR) is 156 cm³/mol. The highest BCUT2D eigenvalue weighted by Gasteiger charge is 2.43. The Hall–Kier alpha value is -3.18. The van der Waals surface area contributed by atoms with Gasteiger partial charge in [0, 0.05) is 19.0 Å². The van der Waals surface area contributed by atoms with Crippen molar-refractivity contribution in [3.05, 3.63) is 28.8 Å². The number of esters is 1. The predicted octanol–water partition coefficient (Wildman–Crippen LogP) is 3.40. The van der Waals surface area contributed by atoms with Crippen LogP contribution in [0.4, 0.5) is 5.69 Å². The fourth-order valence-electron chi connectivity index (χ4n) is 6.13. The summed E-state index contributed by atoms with van der Waals surface area (Å²) in [5, 5.41) is 8.35. The second-order valence-electron chi connectivity index (χ2n) is 11.8. The van der Waals surface area contributed by atoms with Crippen LogP contribution in [0.1, 0.15) is 83.0 Å². The minimum Gasteiger partial charge on any atom is -0.433 e. The van der Waals surface area contributed by atoms with Crippen molar-refractivity contribution < 1.29 is 33.4 Å². The van der Waals surface area contributed by atoms with Crippen molar-refractivity contribution in [2.24, 2.45) is 11.8 Å². The van der Waals surface area contributed by atoms with Crippen molar-refractivity contribution in [3.63, 3.8) is 0 Å². The van der Waals surface area contributed by atoms with Gasteiger partial charge in [-0.2, -0.15) is 0 Å². The van der Waals surface area contributed by atoms with Crippen molar-refractivity contribution >= 4 is 46.9 Å². The van der Waals surface area contributed by atoms with E-state index in [0.29, 0.717) is 36.9 Å². The standard InChI is InChI=1S/C30H41ClN4O7/c1-16(2)20-8-5-6-10-25(20)41-30-23(15-26(37)42-30)34-28(39)24-9-7-13-35(24)29(40)17(3)32-27(38)19-11-12-22(21(31)14-19)33-18(4)36/h11-12,14,16-17,20,23-25,30H,5-10,13,15H2,1-4H3,(H,32,38)(H,33,36)(H,34,39)/t17-,20+,23-,24-,25-,30+/m0/s1. The molecule has 12 heteroatoms. The number of benzene rings is 1. The average molecular weight is 605 g/mol. The van der Waals surface area contributed by atoms with Crippen molar-refractivity contribution in [2.75, 3.05) is 11.9 Å². The fourth-order valence-corrected chi connectivity index (χ4v) is 6.35. The molecule has 2 heterocycles. The van der Waals surface area contributed by atoms with Gasteiger partial charge in [-0.3, -0.25) is 24.0 Å². The molecule has 1 aromatic carbocycles. The molecule has 1 aromatic rings. The van der Waals surface area contributed by atoms with Gasteiger partial charge in [0.2, 0.25) is 24.0 Å². The summed E-state index contributed by atoms with van der Waals surface area (Å²) < 4.78 is 11.8. The molecule has 0 radical (unpaired) electrons. The third-order valence-corrected chi connectivity index (χ3v) is 8.62. The quantitative estimate of drug-likeness (QED) is 0.367. The summed E-state index contributed by atoms with van der Waals surface area (Å²) in [6.07, 6.45) is 4.34. The number of anilines is 1. The summed E-state index contributed by atoms with van der Waals surface area (Å²) in [7, 11) is 0. The van der Waals surface area contributed by atoms with Crippen molar-refractivity contribution in [2.45, 2.75) is 103 Å². The fraction of sp³-hybridized carbons (Fsp3) is 0.633. The number of likely N-dealkylation sites (tertiary alicyclic amines) is 1. The number of hydrogen-bond donors (Lipinski definition) is 3. The summed E-state index contributed by atoms with van der Waals surface area (Å²) in [5.41, 5.74) is 0.593. The van der Waals surface area contributed by atoms with E-state index in [9.17, 15) is 24.0 Å². The highest BCUT2D eigenvalue weighted by Crippen LogP contribution is 2.34. The number of carbonyl (C=O) groups excluding carboxylic acids is 5. The van der Waals surface area contributed by atoms with E-state index in [-0.39, 0.29) is 34.9 Å². The van der Waals surface area contributed by atoms with Crippen LogP contribution in [-0.4, -0.2) is 71.6 Å². The monoisotopic (exact) mass is 604 g/mol. The maximum absolute atomic E-state index is 13.4. The lowest BCUT2D eigenvalue weighted by atomic mass is 9.79. The smallest absolute Gasteiger partial charge is 0.310 e. The number of nitrogens with zero attached hydrogens (tertiary/aromatic N) is 1. The molecular weight excluding hydrogens is 564 g/mol. The maximum Gasteiger partial charge on any atom is 0.310 e. The Morgan fingerprint density at radius 1 is 1.07 bits per heavy atom. The average Bonchev–Trinajstić information content (AvgIpc) is 3.55. The summed E-state index contributed by atoms with van der Waals surface area (Å²) in [4.78, 5) is 64.5. The Balaban J connectivity index is 1.35. The molecule has 0 bridgehead atoms. The summed E-state index contributed by atoms with van der Waals surface area (Å²) in [6, 6.07) is 2.13. The highest BCUT2D eigenvalue weighted by molar-refractivity contribution is 6.34. The maximum atomic E-state index is 13.4. The van der Waals surface area contributed by atoms with Gasteiger partial charge in [-0.15, -0.1) is 0 Å². The summed E-state index contributed by atoms with van der Waals surface area (Å²) in [6.45, 7) is 7.61. The van der Waals surface area contributed by atoms with E-state index < -0.39 is 42.2 Å². The number of amides is 4. The number of halogens is 1. The van der Waals surface area contributed by atoms with E-state index in [1.165, 1.54) is 30.0 Å². The zero-order valence-corrected chi connectivity index (χ0v) is 25.4. The molecule has 2 saturated heterocycles. The third kappa shape index (κ3) is 7.60. The number of nitrogens with one attached hydrogen (secondary N) is 3. The summed E-state index contributed by atoms with van der Waals surface area (Å²) >= 11 is 6.19. The second-order valence-corrected chi connectivity index (χ2v) is 12.2. The molecule has 1 saturated carbocycles. The SMILES string of the molecule is CC(=O)Nc1ccc(C(=O)N[C@@H](C)C(=O)N2CCC[C@H]2C(=O)N[C@H]2CC(=O)O[C@H]2O[C@H]2CCCC[C@@H]2C(C)C)cc1Cl. The molecule has 4 rings (SSSR count). The van der Waals surface area contributed by atoms with Crippen LogP contribution in [0.15, 0.2) is 18.2 Å². The van der Waals surface area contributed by atoms with Crippen LogP contribution < -0.4 is 16.0 Å². The molecule has 0 aromatic heterocycles. The Labute approximate surface area is 251 Å². The normalized spacial score (nSPS) is 26.5. The molecule has 3 N–H and O–H groups in total. The first-order chi connectivity index (χ1) is 19.9. The number of cyclic esters (lactones) is 1. The van der Waals surface area contributed by atoms with Gasteiger partial charge in [0.1, 0.15) is 18.1 Å². The first-order valence-corrected chi connectivity index (χ1v) is 15.2. The topological polar surface area (TPSA) is 143 Å². The molecule has 230 valence electrons. The highest BCUT2D eigenvalue weighted by atomic mass is 35.5. The lowest BCUT2D eigenvalue weighted by Gasteiger charge is -2.36. The van der Waals surface area contributed by atoms with Gasteiger partial charge in [-0.05, 0) is 62.6 Å². The van der Waals surface area contributed by atoms with E-state index in [1.54, 1.807) is 6.92 Å². The van der Waals surface area contributed by atoms with E-state index in [1.807, 2.05) is 0 Å². The number of rotatable bonds is 9. The van der Waals surface area contributed by atoms with Gasteiger partial charge in [-0.1, -0.05) is 38.3 Å². The lowest BCUT2D eigenvalue weighted by molar-refractivity contribution is -0.189. The molecule has 6 atom stereocenters. The zero-order valence-electron chi connectivity index (χ0n) is 24.6. The Morgan fingerprint density at radius 3 is 2.50 bits per heavy atom. The van der Waals surface area contributed by atoms with E-state index in [4.69, 9.17) is 21.1 Å². The molecule has 1 aliphatic carbocycles. The molecular formula is C30H41ClN4O7. The molecule has 11 nitrogen and oxygen atoms in total. The van der Waals surface area contributed by atoms with Gasteiger partial charge in [0.25, 0.3) is 5.91 Å². The second kappa shape index (κ2) is 13.9. The summed E-state index contributed by atoms with van der Waals surface area (Å²) in [5.74, 6) is -1.21. The van der Waals surface area contributed by atoms with Crippen LogP contribution in [0.3, 0.4) is 0 Å². The van der Waals surface area contributed by atoms with E-state index in [2.05, 4.69) is 29.8 Å². The Morgan fingerprint density at radius 2 is 1.81 bits per heavy atom. The molecule has 4 amide bonds. The van der Waals surface area contributed by atoms with Crippen LogP contribution in [0.2, 0.25) is 5.02 Å². The van der Waals surface area contributed by atoms with Crippen LogP contribution in [0.25, 0.3) is 0 Å². The molecule has 2 aliphatic heterocycles. The Bertz CT molecular complexity index is 1210.